The molecule has 2 aliphatic rings. The van der Waals surface area contributed by atoms with Gasteiger partial charge in [-0.25, -0.2) is 0 Å². The third-order valence-corrected chi connectivity index (χ3v) is 5.60. The Balaban J connectivity index is 1.67. The van der Waals surface area contributed by atoms with Crippen molar-refractivity contribution in [1.82, 2.24) is 4.90 Å². The topological polar surface area (TPSA) is 32.5 Å². The summed E-state index contributed by atoms with van der Waals surface area (Å²) in [7, 11) is 0. The van der Waals surface area contributed by atoms with Crippen LogP contribution in [0.5, 0.6) is 0 Å². The summed E-state index contributed by atoms with van der Waals surface area (Å²) in [4.78, 5) is 5.23. The van der Waals surface area contributed by atoms with Gasteiger partial charge < -0.3 is 10.6 Å². The molecule has 1 unspecified atom stereocenters. The molecule has 2 aliphatic heterocycles. The van der Waals surface area contributed by atoms with E-state index in [9.17, 15) is 0 Å². The highest BCUT2D eigenvalue weighted by molar-refractivity contribution is 9.10. The number of hydrogen-bond donors (Lipinski definition) is 1. The lowest BCUT2D eigenvalue weighted by atomic mass is 10.1. The average molecular weight is 352 g/mol. The fraction of sp³-hybridized carbons (Fsp3) is 0.647. The number of benzene rings is 1. The van der Waals surface area contributed by atoms with E-state index < -0.39 is 0 Å². The molecule has 0 aliphatic carbocycles. The fourth-order valence-electron chi connectivity index (χ4n) is 3.64. The van der Waals surface area contributed by atoms with E-state index in [-0.39, 0.29) is 6.04 Å². The summed E-state index contributed by atoms with van der Waals surface area (Å²) in [6.45, 7) is 6.97. The van der Waals surface area contributed by atoms with Gasteiger partial charge in [0.15, 0.2) is 0 Å². The molecule has 0 amide bonds. The first-order valence-corrected chi connectivity index (χ1v) is 8.98. The molecule has 0 saturated carbocycles. The summed E-state index contributed by atoms with van der Waals surface area (Å²) in [5, 5.41) is 0. The van der Waals surface area contributed by atoms with Crippen LogP contribution in [-0.2, 0) is 0 Å². The van der Waals surface area contributed by atoms with Crippen LogP contribution < -0.4 is 10.6 Å². The molecule has 2 N–H and O–H groups in total. The molecule has 3 nitrogen and oxygen atoms in total. The van der Waals surface area contributed by atoms with E-state index in [4.69, 9.17) is 5.73 Å². The zero-order valence-corrected chi connectivity index (χ0v) is 14.5. The maximum Gasteiger partial charge on any atom is 0.0378 e. The number of anilines is 1. The van der Waals surface area contributed by atoms with Crippen LogP contribution in [0, 0.1) is 0 Å². The third kappa shape index (κ3) is 3.43. The molecule has 3 rings (SSSR count). The first-order valence-electron chi connectivity index (χ1n) is 8.19. The van der Waals surface area contributed by atoms with E-state index in [1.165, 1.54) is 63.1 Å². The van der Waals surface area contributed by atoms with Crippen molar-refractivity contribution in [2.75, 3.05) is 31.1 Å². The summed E-state index contributed by atoms with van der Waals surface area (Å²) in [5.41, 5.74) is 8.50. The zero-order chi connectivity index (χ0) is 14.8. The second kappa shape index (κ2) is 6.67. The van der Waals surface area contributed by atoms with Gasteiger partial charge in [-0.2, -0.15) is 0 Å². The largest absolute Gasteiger partial charge is 0.370 e. The molecule has 1 aromatic carbocycles. The lowest BCUT2D eigenvalue weighted by Gasteiger charge is -2.32. The summed E-state index contributed by atoms with van der Waals surface area (Å²) < 4.78 is 1.14. The van der Waals surface area contributed by atoms with Crippen LogP contribution in [0.3, 0.4) is 0 Å². The van der Waals surface area contributed by atoms with Crippen molar-refractivity contribution in [3.63, 3.8) is 0 Å². The Morgan fingerprint density at radius 3 is 2.62 bits per heavy atom. The Hall–Kier alpha value is -0.580. The number of likely N-dealkylation sites (tertiary alicyclic amines) is 1. The van der Waals surface area contributed by atoms with Gasteiger partial charge in [-0.05, 0) is 57.0 Å². The first-order chi connectivity index (χ1) is 10.1. The lowest BCUT2D eigenvalue weighted by Crippen LogP contribution is -2.40. The van der Waals surface area contributed by atoms with Gasteiger partial charge in [0.05, 0.1) is 0 Å². The third-order valence-electron chi connectivity index (χ3n) is 4.91. The highest BCUT2D eigenvalue weighted by atomic mass is 79.9. The monoisotopic (exact) mass is 351 g/mol. The smallest absolute Gasteiger partial charge is 0.0378 e. The van der Waals surface area contributed by atoms with E-state index in [0.717, 1.165) is 10.5 Å². The summed E-state index contributed by atoms with van der Waals surface area (Å²) in [6.07, 6.45) is 5.47. The van der Waals surface area contributed by atoms with Gasteiger partial charge in [0.25, 0.3) is 0 Å². The standard InChI is InChI=1S/C17H26BrN3/c1-13(19)16-6-5-14(11-17(16)18)21-10-7-15(12-21)20-8-3-2-4-9-20/h5-6,11,13,15H,2-4,7-10,12,19H2,1H3/t13-,15?/m0/s1. The first kappa shape index (κ1) is 15.3. The van der Waals surface area contributed by atoms with Crippen molar-refractivity contribution in [3.8, 4) is 0 Å². The molecule has 1 aromatic rings. The SMILES string of the molecule is C[C@H](N)c1ccc(N2CCC(N3CCCCC3)C2)cc1Br. The molecule has 0 bridgehead atoms. The van der Waals surface area contributed by atoms with Crippen LogP contribution in [0.1, 0.15) is 44.2 Å². The van der Waals surface area contributed by atoms with Gasteiger partial charge >= 0.3 is 0 Å². The number of piperidine rings is 1. The van der Waals surface area contributed by atoms with Crippen molar-refractivity contribution >= 4 is 21.6 Å². The Bertz CT molecular complexity index is 483. The number of hydrogen-bond acceptors (Lipinski definition) is 3. The highest BCUT2D eigenvalue weighted by Gasteiger charge is 2.28. The molecule has 0 aromatic heterocycles. The van der Waals surface area contributed by atoms with Crippen molar-refractivity contribution < 1.29 is 0 Å². The van der Waals surface area contributed by atoms with Gasteiger partial charge in [0.2, 0.25) is 0 Å². The van der Waals surface area contributed by atoms with E-state index in [2.05, 4.69) is 43.9 Å². The van der Waals surface area contributed by atoms with Crippen LogP contribution in [0.15, 0.2) is 22.7 Å². The van der Waals surface area contributed by atoms with Crippen LogP contribution in [0.25, 0.3) is 0 Å². The van der Waals surface area contributed by atoms with Crippen molar-refractivity contribution in [2.24, 2.45) is 5.73 Å². The number of nitrogens with zero attached hydrogens (tertiary/aromatic N) is 2. The Kier molecular flexibility index (Phi) is 4.87. The normalized spacial score (nSPS) is 25.3. The molecule has 4 heteroatoms. The Labute approximate surface area is 136 Å². The predicted octanol–water partition coefficient (Wildman–Crippen LogP) is 3.53. The minimum Gasteiger partial charge on any atom is -0.370 e. The molecule has 2 saturated heterocycles. The minimum absolute atomic E-state index is 0.0769. The quantitative estimate of drug-likeness (QED) is 0.903. The number of halogens is 1. The average Bonchev–Trinajstić information content (AvgIpc) is 2.97. The van der Waals surface area contributed by atoms with Gasteiger partial charge in [0.1, 0.15) is 0 Å². The Morgan fingerprint density at radius 2 is 1.95 bits per heavy atom. The van der Waals surface area contributed by atoms with Crippen molar-refractivity contribution in [3.05, 3.63) is 28.2 Å². The van der Waals surface area contributed by atoms with Crippen LogP contribution >= 0.6 is 15.9 Å². The second-order valence-electron chi connectivity index (χ2n) is 6.48. The fourth-order valence-corrected chi connectivity index (χ4v) is 4.37. The van der Waals surface area contributed by atoms with Gasteiger partial charge in [-0.3, -0.25) is 4.90 Å². The molecule has 2 heterocycles. The van der Waals surface area contributed by atoms with Crippen LogP contribution in [-0.4, -0.2) is 37.1 Å². The summed E-state index contributed by atoms with van der Waals surface area (Å²) in [5.74, 6) is 0. The number of nitrogens with two attached hydrogens (primary N) is 1. The van der Waals surface area contributed by atoms with Crippen LogP contribution in [0.2, 0.25) is 0 Å². The van der Waals surface area contributed by atoms with E-state index in [1.54, 1.807) is 0 Å². The van der Waals surface area contributed by atoms with Gasteiger partial charge in [-0.1, -0.05) is 28.4 Å². The van der Waals surface area contributed by atoms with Crippen LogP contribution in [0.4, 0.5) is 5.69 Å². The zero-order valence-electron chi connectivity index (χ0n) is 12.9. The molecule has 0 radical (unpaired) electrons. The molecular weight excluding hydrogens is 326 g/mol. The van der Waals surface area contributed by atoms with E-state index >= 15 is 0 Å². The molecular formula is C17H26BrN3. The molecule has 2 atom stereocenters. The number of rotatable bonds is 3. The van der Waals surface area contributed by atoms with E-state index in [0.29, 0.717) is 0 Å². The van der Waals surface area contributed by atoms with Gasteiger partial charge in [-0.15, -0.1) is 0 Å². The van der Waals surface area contributed by atoms with E-state index in [1.807, 2.05) is 6.92 Å². The lowest BCUT2D eigenvalue weighted by molar-refractivity contribution is 0.175. The highest BCUT2D eigenvalue weighted by Crippen LogP contribution is 2.30. The molecule has 116 valence electrons. The molecule has 21 heavy (non-hydrogen) atoms. The molecule has 2 fully saturated rings. The molecule has 0 spiro atoms. The predicted molar refractivity (Wildman–Crippen MR) is 92.8 cm³/mol. The van der Waals surface area contributed by atoms with Gasteiger partial charge in [0, 0.05) is 35.3 Å². The van der Waals surface area contributed by atoms with Crippen molar-refractivity contribution in [1.29, 1.82) is 0 Å². The summed E-state index contributed by atoms with van der Waals surface area (Å²) >= 11 is 3.67. The summed E-state index contributed by atoms with van der Waals surface area (Å²) in [6, 6.07) is 7.45. The maximum absolute atomic E-state index is 5.99. The maximum atomic E-state index is 5.99. The Morgan fingerprint density at radius 1 is 1.19 bits per heavy atom. The minimum atomic E-state index is 0.0769. The van der Waals surface area contributed by atoms with Crippen molar-refractivity contribution in [2.45, 2.75) is 44.7 Å². The second-order valence-corrected chi connectivity index (χ2v) is 7.33.